The zero-order chi connectivity index (χ0) is 18.9. The molecule has 136 valence electrons. The van der Waals surface area contributed by atoms with Gasteiger partial charge in [-0.3, -0.25) is 0 Å². The molecule has 1 heterocycles. The molecule has 1 aliphatic rings. The Bertz CT molecular complexity index is 1210. The molecule has 0 atom stereocenters. The summed E-state index contributed by atoms with van der Waals surface area (Å²) in [5.41, 5.74) is 5.39. The summed E-state index contributed by atoms with van der Waals surface area (Å²) in [6.07, 6.45) is 5.36. The van der Waals surface area contributed by atoms with Gasteiger partial charge in [0.2, 0.25) is 0 Å². The van der Waals surface area contributed by atoms with Gasteiger partial charge in [0.05, 0.1) is 18.2 Å². The van der Waals surface area contributed by atoms with Crippen molar-refractivity contribution >= 4 is 28.5 Å². The summed E-state index contributed by atoms with van der Waals surface area (Å²) in [4.78, 5) is 9.62. The van der Waals surface area contributed by atoms with Crippen LogP contribution in [-0.2, 0) is 6.42 Å². The molecule has 0 aliphatic heterocycles. The number of para-hydroxylation sites is 2. The molecule has 0 radical (unpaired) electrons. The van der Waals surface area contributed by atoms with E-state index in [1.54, 1.807) is 7.11 Å². The van der Waals surface area contributed by atoms with Gasteiger partial charge in [-0.1, -0.05) is 42.5 Å². The number of methoxy groups -OCH3 is 1. The average Bonchev–Trinajstić information content (AvgIpc) is 3.21. The van der Waals surface area contributed by atoms with E-state index in [0.717, 1.165) is 40.1 Å². The number of benzene rings is 3. The van der Waals surface area contributed by atoms with Crippen molar-refractivity contribution in [1.29, 1.82) is 0 Å². The minimum Gasteiger partial charge on any atom is -0.496 e. The molecular weight excluding hydrogens is 346 g/mol. The highest BCUT2D eigenvalue weighted by molar-refractivity contribution is 5.92. The van der Waals surface area contributed by atoms with E-state index >= 15 is 0 Å². The Morgan fingerprint density at radius 1 is 0.929 bits per heavy atom. The van der Waals surface area contributed by atoms with Crippen molar-refractivity contribution in [2.24, 2.45) is 0 Å². The molecule has 1 aliphatic carbocycles. The van der Waals surface area contributed by atoms with Gasteiger partial charge in [-0.05, 0) is 53.9 Å². The maximum absolute atomic E-state index is 5.51. The summed E-state index contributed by atoms with van der Waals surface area (Å²) in [6, 6.07) is 22.3. The number of nitrogens with one attached hydrogen (secondary N) is 1. The maximum Gasteiger partial charge on any atom is 0.165 e. The summed E-state index contributed by atoms with van der Waals surface area (Å²) in [5.74, 6) is 2.18. The van der Waals surface area contributed by atoms with Crippen LogP contribution >= 0.6 is 0 Å². The van der Waals surface area contributed by atoms with Crippen molar-refractivity contribution in [3.8, 4) is 17.1 Å². The summed E-state index contributed by atoms with van der Waals surface area (Å²) in [6.45, 7) is 0. The van der Waals surface area contributed by atoms with Crippen molar-refractivity contribution in [1.82, 2.24) is 9.97 Å². The third kappa shape index (κ3) is 2.89. The molecule has 0 bridgehead atoms. The average molecular weight is 365 g/mol. The second-order valence-corrected chi connectivity index (χ2v) is 6.76. The molecule has 4 heteroatoms. The smallest absolute Gasteiger partial charge is 0.165 e. The molecule has 3 aromatic carbocycles. The lowest BCUT2D eigenvalue weighted by Gasteiger charge is -2.13. The van der Waals surface area contributed by atoms with E-state index in [9.17, 15) is 0 Å². The minimum atomic E-state index is 0.639. The fourth-order valence-corrected chi connectivity index (χ4v) is 3.59. The van der Waals surface area contributed by atoms with Crippen LogP contribution in [0, 0.1) is 0 Å². The number of rotatable bonds is 4. The van der Waals surface area contributed by atoms with E-state index < -0.39 is 0 Å². The normalized spacial score (nSPS) is 12.2. The number of nitrogens with zero attached hydrogens (tertiary/aromatic N) is 2. The second-order valence-electron chi connectivity index (χ2n) is 6.76. The Hall–Kier alpha value is -3.66. The number of ether oxygens (including phenoxy) is 1. The van der Waals surface area contributed by atoms with E-state index in [2.05, 4.69) is 35.7 Å². The molecule has 4 nitrogen and oxygen atoms in total. The van der Waals surface area contributed by atoms with Gasteiger partial charge >= 0.3 is 0 Å². The fourth-order valence-electron chi connectivity index (χ4n) is 3.59. The van der Waals surface area contributed by atoms with Crippen LogP contribution in [0.15, 0.2) is 72.8 Å². The van der Waals surface area contributed by atoms with E-state index in [0.29, 0.717) is 5.82 Å². The molecule has 0 saturated heterocycles. The zero-order valence-corrected chi connectivity index (χ0v) is 15.5. The summed E-state index contributed by atoms with van der Waals surface area (Å²) >= 11 is 0. The van der Waals surface area contributed by atoms with Crippen LogP contribution in [0.4, 0.5) is 11.5 Å². The highest BCUT2D eigenvalue weighted by Gasteiger charge is 2.13. The van der Waals surface area contributed by atoms with Crippen LogP contribution < -0.4 is 10.1 Å². The lowest BCUT2D eigenvalue weighted by Crippen LogP contribution is -2.00. The van der Waals surface area contributed by atoms with Crippen LogP contribution in [0.1, 0.15) is 11.1 Å². The molecule has 0 unspecified atom stereocenters. The first-order chi connectivity index (χ1) is 13.8. The van der Waals surface area contributed by atoms with Gasteiger partial charge in [-0.2, -0.15) is 0 Å². The molecule has 5 rings (SSSR count). The van der Waals surface area contributed by atoms with Crippen molar-refractivity contribution in [3.05, 3.63) is 83.9 Å². The summed E-state index contributed by atoms with van der Waals surface area (Å²) < 4.78 is 5.51. The molecule has 28 heavy (non-hydrogen) atoms. The quantitative estimate of drug-likeness (QED) is 0.510. The molecule has 1 aromatic heterocycles. The Labute approximate surface area is 163 Å². The SMILES string of the molecule is COc1ccccc1-c1nc(Nc2ccc3c(c2)C=CC3)c2ccccc2n1. The molecule has 0 spiro atoms. The van der Waals surface area contributed by atoms with Gasteiger partial charge in [0, 0.05) is 11.1 Å². The van der Waals surface area contributed by atoms with Gasteiger partial charge in [0.25, 0.3) is 0 Å². The van der Waals surface area contributed by atoms with Crippen molar-refractivity contribution in [2.45, 2.75) is 6.42 Å². The van der Waals surface area contributed by atoms with Gasteiger partial charge in [-0.25, -0.2) is 9.97 Å². The number of fused-ring (bicyclic) bond motifs is 2. The van der Waals surface area contributed by atoms with Crippen LogP contribution in [-0.4, -0.2) is 17.1 Å². The first-order valence-electron chi connectivity index (χ1n) is 9.28. The fraction of sp³-hybridized carbons (Fsp3) is 0.0833. The largest absolute Gasteiger partial charge is 0.496 e. The monoisotopic (exact) mass is 365 g/mol. The number of aromatic nitrogens is 2. The molecular formula is C24H19N3O. The third-order valence-electron chi connectivity index (χ3n) is 4.99. The number of anilines is 2. The topological polar surface area (TPSA) is 47.0 Å². The van der Waals surface area contributed by atoms with Crippen LogP contribution in [0.2, 0.25) is 0 Å². The molecule has 4 aromatic rings. The van der Waals surface area contributed by atoms with Crippen LogP contribution in [0.25, 0.3) is 28.4 Å². The van der Waals surface area contributed by atoms with Crippen molar-refractivity contribution in [2.75, 3.05) is 12.4 Å². The van der Waals surface area contributed by atoms with E-state index in [1.807, 2.05) is 48.5 Å². The maximum atomic E-state index is 5.51. The Kier molecular flexibility index (Phi) is 4.02. The summed E-state index contributed by atoms with van der Waals surface area (Å²) in [7, 11) is 1.66. The van der Waals surface area contributed by atoms with E-state index in [-0.39, 0.29) is 0 Å². The van der Waals surface area contributed by atoms with Gasteiger partial charge < -0.3 is 10.1 Å². The third-order valence-corrected chi connectivity index (χ3v) is 4.99. The van der Waals surface area contributed by atoms with E-state index in [4.69, 9.17) is 14.7 Å². The van der Waals surface area contributed by atoms with Gasteiger partial charge in [0.1, 0.15) is 11.6 Å². The highest BCUT2D eigenvalue weighted by Crippen LogP contribution is 2.32. The number of allylic oxidation sites excluding steroid dienone is 1. The second kappa shape index (κ2) is 6.82. The lowest BCUT2D eigenvalue weighted by atomic mass is 10.1. The highest BCUT2D eigenvalue weighted by atomic mass is 16.5. The van der Waals surface area contributed by atoms with Crippen molar-refractivity contribution in [3.63, 3.8) is 0 Å². The Balaban J connectivity index is 1.64. The zero-order valence-electron chi connectivity index (χ0n) is 15.5. The number of hydrogen-bond donors (Lipinski definition) is 1. The van der Waals surface area contributed by atoms with E-state index in [1.165, 1.54) is 11.1 Å². The lowest BCUT2D eigenvalue weighted by molar-refractivity contribution is 0.416. The number of hydrogen-bond acceptors (Lipinski definition) is 4. The van der Waals surface area contributed by atoms with Crippen molar-refractivity contribution < 1.29 is 4.74 Å². The summed E-state index contributed by atoms with van der Waals surface area (Å²) in [5, 5.41) is 4.48. The predicted molar refractivity (Wildman–Crippen MR) is 114 cm³/mol. The first-order valence-corrected chi connectivity index (χ1v) is 9.28. The molecule has 0 saturated carbocycles. The molecule has 0 amide bonds. The Morgan fingerprint density at radius 2 is 1.79 bits per heavy atom. The predicted octanol–water partition coefficient (Wildman–Crippen LogP) is 5.62. The van der Waals surface area contributed by atoms with Crippen LogP contribution in [0.5, 0.6) is 5.75 Å². The molecule has 0 fully saturated rings. The standard InChI is InChI=1S/C24H19N3O/c1-28-22-12-5-3-10-20(22)24-26-21-11-4-2-9-19(21)23(27-24)25-18-14-13-16-7-6-8-17(16)15-18/h2-6,8-15H,7H2,1H3,(H,25,26,27). The van der Waals surface area contributed by atoms with Gasteiger partial charge in [0.15, 0.2) is 5.82 Å². The first kappa shape index (κ1) is 16.5. The van der Waals surface area contributed by atoms with Crippen LogP contribution in [0.3, 0.4) is 0 Å². The van der Waals surface area contributed by atoms with Gasteiger partial charge in [-0.15, -0.1) is 0 Å². The molecule has 1 N–H and O–H groups in total. The minimum absolute atomic E-state index is 0.639. The Morgan fingerprint density at radius 3 is 2.71 bits per heavy atom.